The van der Waals surface area contributed by atoms with Crippen LogP contribution in [0.5, 0.6) is 0 Å². The van der Waals surface area contributed by atoms with E-state index < -0.39 is 6.17 Å². The summed E-state index contributed by atoms with van der Waals surface area (Å²) in [5.41, 5.74) is 0.849. The Kier molecular flexibility index (Phi) is 2.82. The van der Waals surface area contributed by atoms with Crippen LogP contribution < -0.4 is 5.32 Å². The summed E-state index contributed by atoms with van der Waals surface area (Å²) in [5, 5.41) is 7.01. The standard InChI is InChI=1S/C10H15FN2O/c1-7-5-8(13-14-7)6-12-10-4-2-3-9(10)11/h5,9-10,12H,2-4,6H2,1H3. The summed E-state index contributed by atoms with van der Waals surface area (Å²) >= 11 is 0. The van der Waals surface area contributed by atoms with Crippen molar-refractivity contribution in [3.8, 4) is 0 Å². The summed E-state index contributed by atoms with van der Waals surface area (Å²) in [5.74, 6) is 0.796. The summed E-state index contributed by atoms with van der Waals surface area (Å²) in [6.45, 7) is 2.45. The predicted octanol–water partition coefficient (Wildman–Crippen LogP) is 1.96. The van der Waals surface area contributed by atoms with E-state index in [-0.39, 0.29) is 6.04 Å². The third kappa shape index (κ3) is 2.12. The van der Waals surface area contributed by atoms with Crippen molar-refractivity contribution in [1.82, 2.24) is 10.5 Å². The maximum absolute atomic E-state index is 13.2. The lowest BCUT2D eigenvalue weighted by atomic mass is 10.2. The van der Waals surface area contributed by atoms with Gasteiger partial charge in [-0.05, 0) is 26.2 Å². The van der Waals surface area contributed by atoms with Crippen LogP contribution >= 0.6 is 0 Å². The van der Waals surface area contributed by atoms with Gasteiger partial charge in [0.2, 0.25) is 0 Å². The number of halogens is 1. The first kappa shape index (κ1) is 9.65. The molecule has 1 N–H and O–H groups in total. The normalized spacial score (nSPS) is 27.0. The number of alkyl halides is 1. The largest absolute Gasteiger partial charge is 0.361 e. The van der Waals surface area contributed by atoms with Gasteiger partial charge in [-0.3, -0.25) is 0 Å². The van der Waals surface area contributed by atoms with Crippen molar-refractivity contribution in [2.75, 3.05) is 0 Å². The van der Waals surface area contributed by atoms with Crippen molar-refractivity contribution in [2.24, 2.45) is 0 Å². The molecule has 4 heteroatoms. The monoisotopic (exact) mass is 198 g/mol. The molecule has 0 saturated heterocycles. The topological polar surface area (TPSA) is 38.1 Å². The van der Waals surface area contributed by atoms with Crippen molar-refractivity contribution in [3.63, 3.8) is 0 Å². The van der Waals surface area contributed by atoms with Gasteiger partial charge in [0, 0.05) is 18.7 Å². The number of hydrogen-bond acceptors (Lipinski definition) is 3. The molecule has 0 radical (unpaired) electrons. The minimum Gasteiger partial charge on any atom is -0.361 e. The highest BCUT2D eigenvalue weighted by Gasteiger charge is 2.26. The lowest BCUT2D eigenvalue weighted by Crippen LogP contribution is -2.32. The Labute approximate surface area is 82.7 Å². The molecule has 1 aliphatic carbocycles. The minimum absolute atomic E-state index is 0.00649. The van der Waals surface area contributed by atoms with Crippen molar-refractivity contribution in [1.29, 1.82) is 0 Å². The van der Waals surface area contributed by atoms with E-state index in [2.05, 4.69) is 10.5 Å². The molecular formula is C10H15FN2O. The van der Waals surface area contributed by atoms with Crippen molar-refractivity contribution >= 4 is 0 Å². The molecule has 0 aromatic carbocycles. The highest BCUT2D eigenvalue weighted by atomic mass is 19.1. The number of hydrogen-bond donors (Lipinski definition) is 1. The fourth-order valence-electron chi connectivity index (χ4n) is 1.88. The van der Waals surface area contributed by atoms with Gasteiger partial charge in [0.25, 0.3) is 0 Å². The molecule has 1 fully saturated rings. The fourth-order valence-corrected chi connectivity index (χ4v) is 1.88. The van der Waals surface area contributed by atoms with Crippen molar-refractivity contribution < 1.29 is 8.91 Å². The minimum atomic E-state index is -0.692. The number of nitrogens with zero attached hydrogens (tertiary/aromatic N) is 1. The third-order valence-corrected chi connectivity index (χ3v) is 2.65. The zero-order chi connectivity index (χ0) is 9.97. The Morgan fingerprint density at radius 2 is 2.50 bits per heavy atom. The van der Waals surface area contributed by atoms with Crippen molar-refractivity contribution in [3.05, 3.63) is 17.5 Å². The number of rotatable bonds is 3. The predicted molar refractivity (Wildman–Crippen MR) is 50.6 cm³/mol. The van der Waals surface area contributed by atoms with Crippen LogP contribution in [0.2, 0.25) is 0 Å². The van der Waals surface area contributed by atoms with Gasteiger partial charge >= 0.3 is 0 Å². The van der Waals surface area contributed by atoms with E-state index >= 15 is 0 Å². The van der Waals surface area contributed by atoms with Gasteiger partial charge in [0.15, 0.2) is 0 Å². The summed E-state index contributed by atoms with van der Waals surface area (Å²) in [6.07, 6.45) is 1.91. The van der Waals surface area contributed by atoms with E-state index in [4.69, 9.17) is 4.52 Å². The average molecular weight is 198 g/mol. The van der Waals surface area contributed by atoms with Gasteiger partial charge in [0.05, 0.1) is 5.69 Å². The zero-order valence-corrected chi connectivity index (χ0v) is 8.29. The van der Waals surface area contributed by atoms with Crippen LogP contribution in [-0.2, 0) is 6.54 Å². The second-order valence-electron chi connectivity index (χ2n) is 3.86. The second-order valence-corrected chi connectivity index (χ2v) is 3.86. The lowest BCUT2D eigenvalue weighted by molar-refractivity contribution is 0.277. The van der Waals surface area contributed by atoms with E-state index in [1.165, 1.54) is 0 Å². The van der Waals surface area contributed by atoms with Gasteiger partial charge in [0.1, 0.15) is 11.9 Å². The van der Waals surface area contributed by atoms with Crippen LogP contribution in [0.1, 0.15) is 30.7 Å². The molecule has 1 heterocycles. The summed E-state index contributed by atoms with van der Waals surface area (Å²) in [6, 6.07) is 1.88. The zero-order valence-electron chi connectivity index (χ0n) is 8.29. The highest BCUT2D eigenvalue weighted by molar-refractivity contribution is 5.03. The molecule has 2 unspecified atom stereocenters. The highest BCUT2D eigenvalue weighted by Crippen LogP contribution is 2.22. The van der Waals surface area contributed by atoms with E-state index in [0.717, 1.165) is 24.3 Å². The SMILES string of the molecule is Cc1cc(CNC2CCCC2F)no1. The van der Waals surface area contributed by atoms with Gasteiger partial charge < -0.3 is 9.84 Å². The lowest BCUT2D eigenvalue weighted by Gasteiger charge is -2.12. The molecule has 1 aromatic heterocycles. The Morgan fingerprint density at radius 1 is 1.64 bits per heavy atom. The first-order valence-electron chi connectivity index (χ1n) is 5.05. The maximum Gasteiger partial charge on any atom is 0.133 e. The second kappa shape index (κ2) is 4.09. The quantitative estimate of drug-likeness (QED) is 0.806. The van der Waals surface area contributed by atoms with E-state index in [0.29, 0.717) is 13.0 Å². The molecule has 1 aromatic rings. The van der Waals surface area contributed by atoms with Gasteiger partial charge in [-0.15, -0.1) is 0 Å². The molecule has 0 amide bonds. The van der Waals surface area contributed by atoms with Crippen LogP contribution in [-0.4, -0.2) is 17.4 Å². The fraction of sp³-hybridized carbons (Fsp3) is 0.700. The first-order chi connectivity index (χ1) is 6.75. The number of aromatic nitrogens is 1. The van der Waals surface area contributed by atoms with Crippen LogP contribution in [0, 0.1) is 6.92 Å². The molecule has 0 bridgehead atoms. The Morgan fingerprint density at radius 3 is 3.07 bits per heavy atom. The summed E-state index contributed by atoms with van der Waals surface area (Å²) in [4.78, 5) is 0. The molecule has 78 valence electrons. The van der Waals surface area contributed by atoms with E-state index in [1.807, 2.05) is 13.0 Å². The molecule has 2 atom stereocenters. The van der Waals surface area contributed by atoms with Gasteiger partial charge in [-0.1, -0.05) is 5.16 Å². The van der Waals surface area contributed by atoms with E-state index in [9.17, 15) is 4.39 Å². The smallest absolute Gasteiger partial charge is 0.133 e. The average Bonchev–Trinajstić information content (AvgIpc) is 2.72. The number of nitrogens with one attached hydrogen (secondary N) is 1. The van der Waals surface area contributed by atoms with E-state index in [1.54, 1.807) is 0 Å². The van der Waals surface area contributed by atoms with Crippen LogP contribution in [0.4, 0.5) is 4.39 Å². The van der Waals surface area contributed by atoms with Crippen LogP contribution in [0.15, 0.2) is 10.6 Å². The molecule has 1 saturated carbocycles. The summed E-state index contributed by atoms with van der Waals surface area (Å²) < 4.78 is 18.1. The first-order valence-corrected chi connectivity index (χ1v) is 5.05. The van der Waals surface area contributed by atoms with Crippen molar-refractivity contribution in [2.45, 2.75) is 44.9 Å². The molecule has 14 heavy (non-hydrogen) atoms. The Balaban J connectivity index is 1.82. The molecular weight excluding hydrogens is 183 g/mol. The Bertz CT molecular complexity index is 300. The molecule has 3 nitrogen and oxygen atoms in total. The number of aryl methyl sites for hydroxylation is 1. The van der Waals surface area contributed by atoms with Crippen LogP contribution in [0.25, 0.3) is 0 Å². The molecule has 2 rings (SSSR count). The maximum atomic E-state index is 13.2. The molecule has 1 aliphatic rings. The molecule has 0 spiro atoms. The van der Waals surface area contributed by atoms with Crippen LogP contribution in [0.3, 0.4) is 0 Å². The van der Waals surface area contributed by atoms with Gasteiger partial charge in [-0.25, -0.2) is 4.39 Å². The summed E-state index contributed by atoms with van der Waals surface area (Å²) in [7, 11) is 0. The Hall–Kier alpha value is -0.900. The van der Waals surface area contributed by atoms with Gasteiger partial charge in [-0.2, -0.15) is 0 Å². The molecule has 0 aliphatic heterocycles. The third-order valence-electron chi connectivity index (χ3n) is 2.65.